The maximum atomic E-state index is 12.8. The van der Waals surface area contributed by atoms with Crippen LogP contribution in [0.25, 0.3) is 6.08 Å². The van der Waals surface area contributed by atoms with Gasteiger partial charge in [0, 0.05) is 38.6 Å². The molecule has 1 amide bonds. The van der Waals surface area contributed by atoms with Crippen LogP contribution in [0.4, 0.5) is 5.95 Å². The third-order valence-corrected chi connectivity index (χ3v) is 6.05. The third kappa shape index (κ3) is 5.64. The normalized spacial score (nSPS) is 22.4. The van der Waals surface area contributed by atoms with E-state index in [4.69, 9.17) is 0 Å². The molecule has 2 aromatic rings. The summed E-state index contributed by atoms with van der Waals surface area (Å²) in [6, 6.07) is 12.3. The lowest BCUT2D eigenvalue weighted by molar-refractivity contribution is -1.01. The summed E-state index contributed by atoms with van der Waals surface area (Å²) in [6.07, 6.45) is 8.01. The van der Waals surface area contributed by atoms with Gasteiger partial charge in [0.25, 0.3) is 5.91 Å². The largest absolute Gasteiger partial charge is 0.337 e. The maximum Gasteiger partial charge on any atom is 0.277 e. The number of anilines is 1. The Morgan fingerprint density at radius 3 is 2.27 bits per heavy atom. The Labute approximate surface area is 178 Å². The molecule has 2 aliphatic rings. The summed E-state index contributed by atoms with van der Waals surface area (Å²) in [7, 11) is 0. The molecule has 0 atom stereocenters. The van der Waals surface area contributed by atoms with Crippen molar-refractivity contribution in [3.8, 4) is 0 Å². The van der Waals surface area contributed by atoms with Crippen molar-refractivity contribution < 1.29 is 14.6 Å². The van der Waals surface area contributed by atoms with Crippen LogP contribution >= 0.6 is 0 Å². The molecule has 0 radical (unpaired) electrons. The summed E-state index contributed by atoms with van der Waals surface area (Å²) in [6.45, 7) is 9.18. The standard InChI is InChI=1S/C23H30N6O/c30-22(28-16-18-29(19-17-28)23-24-9-5-10-25-23)20-27-14-12-26(13-15-27)11-4-8-21-6-2-1-3-7-21/h1-10H,11-20H2/p+2/b8-4+. The lowest BCUT2D eigenvalue weighted by Gasteiger charge is -2.35. The smallest absolute Gasteiger partial charge is 0.277 e. The van der Waals surface area contributed by atoms with Crippen LogP contribution in [0.15, 0.2) is 54.9 Å². The van der Waals surface area contributed by atoms with Gasteiger partial charge >= 0.3 is 0 Å². The van der Waals surface area contributed by atoms with Crippen LogP contribution in [0.1, 0.15) is 5.56 Å². The number of hydrogen-bond acceptors (Lipinski definition) is 4. The summed E-state index contributed by atoms with van der Waals surface area (Å²) in [5, 5.41) is 0. The molecule has 158 valence electrons. The molecule has 1 aromatic carbocycles. The van der Waals surface area contributed by atoms with Crippen molar-refractivity contribution in [1.29, 1.82) is 0 Å². The van der Waals surface area contributed by atoms with Crippen molar-refractivity contribution in [3.63, 3.8) is 0 Å². The first-order chi connectivity index (χ1) is 14.8. The first kappa shape index (κ1) is 20.5. The second-order valence-corrected chi connectivity index (χ2v) is 8.11. The zero-order chi connectivity index (χ0) is 20.6. The molecule has 2 aliphatic heterocycles. The number of carbonyl (C=O) groups excluding carboxylic acids is 1. The van der Waals surface area contributed by atoms with Gasteiger partial charge in [-0.2, -0.15) is 0 Å². The number of nitrogens with zero attached hydrogens (tertiary/aromatic N) is 4. The highest BCUT2D eigenvalue weighted by atomic mass is 16.2. The van der Waals surface area contributed by atoms with Gasteiger partial charge in [-0.1, -0.05) is 36.4 Å². The monoisotopic (exact) mass is 408 g/mol. The lowest BCUT2D eigenvalue weighted by atomic mass is 10.2. The predicted molar refractivity (Wildman–Crippen MR) is 117 cm³/mol. The number of nitrogens with one attached hydrogen (secondary N) is 2. The van der Waals surface area contributed by atoms with Crippen LogP contribution in [0, 0.1) is 0 Å². The first-order valence-electron chi connectivity index (χ1n) is 11.0. The van der Waals surface area contributed by atoms with Crippen LogP contribution < -0.4 is 14.7 Å². The third-order valence-electron chi connectivity index (χ3n) is 6.05. The molecule has 3 heterocycles. The van der Waals surface area contributed by atoms with E-state index in [1.807, 2.05) is 17.0 Å². The Balaban J connectivity index is 1.16. The zero-order valence-electron chi connectivity index (χ0n) is 17.5. The van der Waals surface area contributed by atoms with Crippen LogP contribution in [-0.4, -0.2) is 86.2 Å². The molecular weight excluding hydrogens is 376 g/mol. The average Bonchev–Trinajstić information content (AvgIpc) is 2.81. The second-order valence-electron chi connectivity index (χ2n) is 8.11. The molecule has 2 N–H and O–H groups in total. The van der Waals surface area contributed by atoms with Crippen molar-refractivity contribution in [2.45, 2.75) is 0 Å². The van der Waals surface area contributed by atoms with Gasteiger partial charge in [0.15, 0.2) is 6.54 Å². The van der Waals surface area contributed by atoms with E-state index < -0.39 is 0 Å². The fourth-order valence-electron chi connectivity index (χ4n) is 4.20. The van der Waals surface area contributed by atoms with Crippen molar-refractivity contribution in [2.75, 3.05) is 70.3 Å². The Morgan fingerprint density at radius 2 is 1.57 bits per heavy atom. The second kappa shape index (κ2) is 10.3. The van der Waals surface area contributed by atoms with Gasteiger partial charge in [0.1, 0.15) is 26.2 Å². The number of aromatic nitrogens is 2. The van der Waals surface area contributed by atoms with Gasteiger partial charge in [-0.15, -0.1) is 0 Å². The van der Waals surface area contributed by atoms with Gasteiger partial charge < -0.3 is 19.6 Å². The minimum absolute atomic E-state index is 0.283. The van der Waals surface area contributed by atoms with Crippen LogP contribution in [0.3, 0.4) is 0 Å². The molecule has 4 rings (SSSR count). The van der Waals surface area contributed by atoms with Gasteiger partial charge in [-0.05, 0) is 17.7 Å². The number of carbonyl (C=O) groups is 1. The van der Waals surface area contributed by atoms with Gasteiger partial charge in [-0.3, -0.25) is 4.79 Å². The number of rotatable bonds is 6. The molecule has 1 aromatic heterocycles. The highest BCUT2D eigenvalue weighted by Crippen LogP contribution is 2.09. The maximum absolute atomic E-state index is 12.8. The predicted octanol–water partition coefficient (Wildman–Crippen LogP) is -1.38. The molecule has 7 heteroatoms. The van der Waals surface area contributed by atoms with Gasteiger partial charge in [-0.25, -0.2) is 9.97 Å². The molecular formula is C23H32N6O+2. The number of amides is 1. The van der Waals surface area contributed by atoms with E-state index in [9.17, 15) is 4.79 Å². The SMILES string of the molecule is O=C(C[NH+]1CC[NH+](C/C=C/c2ccccc2)CC1)N1CCN(c2ncccn2)CC1. The highest BCUT2D eigenvalue weighted by Gasteiger charge is 2.28. The lowest BCUT2D eigenvalue weighted by Crippen LogP contribution is -3.28. The summed E-state index contributed by atoms with van der Waals surface area (Å²) in [4.78, 5) is 28.6. The van der Waals surface area contributed by atoms with Crippen LogP contribution in [0.2, 0.25) is 0 Å². The minimum Gasteiger partial charge on any atom is -0.337 e. The quantitative estimate of drug-likeness (QED) is 0.619. The molecule has 0 bridgehead atoms. The summed E-state index contributed by atoms with van der Waals surface area (Å²) in [5.74, 6) is 1.04. The van der Waals surface area contributed by atoms with E-state index in [1.165, 1.54) is 10.5 Å². The topological polar surface area (TPSA) is 58.2 Å². The van der Waals surface area contributed by atoms with E-state index in [0.29, 0.717) is 6.54 Å². The Kier molecular flexibility index (Phi) is 7.05. The van der Waals surface area contributed by atoms with Crippen LogP contribution in [0.5, 0.6) is 0 Å². The van der Waals surface area contributed by atoms with Crippen LogP contribution in [-0.2, 0) is 4.79 Å². The number of benzene rings is 1. The van der Waals surface area contributed by atoms with E-state index in [-0.39, 0.29) is 5.91 Å². The van der Waals surface area contributed by atoms with Crippen molar-refractivity contribution in [2.24, 2.45) is 0 Å². The first-order valence-corrected chi connectivity index (χ1v) is 11.0. The van der Waals surface area contributed by atoms with E-state index in [2.05, 4.69) is 51.3 Å². The number of quaternary nitrogens is 2. The summed E-state index contributed by atoms with van der Waals surface area (Å²) in [5.41, 5.74) is 1.26. The number of hydrogen-bond donors (Lipinski definition) is 2. The van der Waals surface area contributed by atoms with Crippen molar-refractivity contribution >= 4 is 17.9 Å². The van der Waals surface area contributed by atoms with Crippen molar-refractivity contribution in [3.05, 3.63) is 60.4 Å². The van der Waals surface area contributed by atoms with Gasteiger partial charge in [0.2, 0.25) is 5.95 Å². The Hall–Kier alpha value is -2.77. The van der Waals surface area contributed by atoms with E-state index in [0.717, 1.165) is 64.9 Å². The molecule has 2 fully saturated rings. The minimum atomic E-state index is 0.283. The number of piperazine rings is 2. The fourth-order valence-corrected chi connectivity index (χ4v) is 4.20. The average molecular weight is 409 g/mol. The Bertz CT molecular complexity index is 812. The molecule has 0 aliphatic carbocycles. The zero-order valence-corrected chi connectivity index (χ0v) is 17.5. The summed E-state index contributed by atoms with van der Waals surface area (Å²) < 4.78 is 0. The Morgan fingerprint density at radius 1 is 0.900 bits per heavy atom. The van der Waals surface area contributed by atoms with E-state index in [1.54, 1.807) is 17.3 Å². The fraction of sp³-hybridized carbons (Fsp3) is 0.435. The van der Waals surface area contributed by atoms with Crippen molar-refractivity contribution in [1.82, 2.24) is 14.9 Å². The molecule has 0 saturated carbocycles. The summed E-state index contributed by atoms with van der Waals surface area (Å²) >= 11 is 0. The van der Waals surface area contributed by atoms with Gasteiger partial charge in [0.05, 0.1) is 6.54 Å². The molecule has 0 unspecified atom stereocenters. The molecule has 7 nitrogen and oxygen atoms in total. The molecule has 0 spiro atoms. The molecule has 2 saturated heterocycles. The van der Waals surface area contributed by atoms with E-state index >= 15 is 0 Å². The molecule has 30 heavy (non-hydrogen) atoms. The highest BCUT2D eigenvalue weighted by molar-refractivity contribution is 5.77.